The number of fused-ring (bicyclic) bond motifs is 5. The zero-order valence-corrected chi connectivity index (χ0v) is 38.7. The molecule has 3 saturated carbocycles. The average molecular weight is 879 g/mol. The van der Waals surface area contributed by atoms with Crippen LogP contribution in [-0.4, -0.2) is 146 Å². The molecule has 352 valence electrons. The van der Waals surface area contributed by atoms with E-state index in [1.54, 1.807) is 41.1 Å². The summed E-state index contributed by atoms with van der Waals surface area (Å²) >= 11 is 0. The molecule has 7 rings (SSSR count). The standard InChI is InChI=1S/C47H74O15/c1-12-23(2)43(51)60-35-20-32-31(47(52)18-16-30(24(3)48)46(35,47)8)14-13-28-19-29(15-17-45(28,32)7)59-36-21-33(53-9)40(26(5)56-36)61-37-22-34(54-10)41(27(6)57-37)62-44-39(50)42(55-11)38(49)25(4)58-44/h12-13,25-27,29-42,44,49-50,52H,14-22H2,1-11H3/b23-12+/t25-,26-,27-,29+,30-,31?,32?,33+,34+,35-,36+,37+,38-,39-,40-,41-,42+,44+,45+,46+,47+/m1/s1. The van der Waals surface area contributed by atoms with Gasteiger partial charge >= 0.3 is 5.97 Å². The van der Waals surface area contributed by atoms with Gasteiger partial charge in [-0.15, -0.1) is 0 Å². The Hall–Kier alpha value is -1.86. The van der Waals surface area contributed by atoms with Crippen LogP contribution in [0.15, 0.2) is 23.3 Å². The molecule has 62 heavy (non-hydrogen) atoms. The highest BCUT2D eigenvalue weighted by Crippen LogP contribution is 2.68. The smallest absolute Gasteiger partial charge is 0.333 e. The predicted molar refractivity (Wildman–Crippen MR) is 223 cm³/mol. The summed E-state index contributed by atoms with van der Waals surface area (Å²) in [7, 11) is 4.68. The quantitative estimate of drug-likeness (QED) is 0.139. The van der Waals surface area contributed by atoms with Crippen molar-refractivity contribution in [3.63, 3.8) is 0 Å². The number of aliphatic hydroxyl groups excluding tert-OH is 2. The van der Waals surface area contributed by atoms with E-state index in [9.17, 15) is 24.9 Å². The fraction of sp³-hybridized carbons (Fsp3) is 0.872. The van der Waals surface area contributed by atoms with E-state index in [1.165, 1.54) is 12.7 Å². The van der Waals surface area contributed by atoms with Crippen molar-refractivity contribution < 1.29 is 72.3 Å². The van der Waals surface area contributed by atoms with E-state index in [4.69, 9.17) is 47.4 Å². The third-order valence-corrected chi connectivity index (χ3v) is 16.6. The summed E-state index contributed by atoms with van der Waals surface area (Å²) in [5, 5.41) is 34.1. The molecule has 3 N–H and O–H groups in total. The first kappa shape index (κ1) is 48.1. The number of rotatable bonds is 12. The van der Waals surface area contributed by atoms with E-state index >= 15 is 0 Å². The van der Waals surface area contributed by atoms with Gasteiger partial charge in [0.05, 0.1) is 42.2 Å². The van der Waals surface area contributed by atoms with Gasteiger partial charge in [0.1, 0.15) is 42.4 Å². The number of Topliss-reactive ketones (excluding diaryl/α,β-unsaturated/α-hetero) is 1. The number of esters is 1. The largest absolute Gasteiger partial charge is 0.458 e. The summed E-state index contributed by atoms with van der Waals surface area (Å²) < 4.78 is 61.8. The minimum Gasteiger partial charge on any atom is -0.458 e. The van der Waals surface area contributed by atoms with Crippen LogP contribution in [0.4, 0.5) is 0 Å². The van der Waals surface area contributed by atoms with Crippen molar-refractivity contribution in [2.24, 2.45) is 28.6 Å². The lowest BCUT2D eigenvalue weighted by Crippen LogP contribution is -2.66. The third kappa shape index (κ3) is 8.42. The molecule has 0 radical (unpaired) electrons. The first-order chi connectivity index (χ1) is 29.3. The van der Waals surface area contributed by atoms with Gasteiger partial charge in [-0.1, -0.05) is 31.6 Å². The van der Waals surface area contributed by atoms with Crippen LogP contribution in [-0.2, 0) is 57.0 Å². The van der Waals surface area contributed by atoms with Gasteiger partial charge in [-0.25, -0.2) is 4.79 Å². The Morgan fingerprint density at radius 3 is 2.00 bits per heavy atom. The maximum atomic E-state index is 13.3. The molecule has 7 aliphatic rings. The SMILES string of the molecule is C/C=C(\C)C(=O)O[C@@H]1CC2C(CC=C3C[C@@H](O[C@H]4C[C@H](OC)[C@H](O[C@H]5C[C@H](OC)[C@H](O[C@@H]6O[C@H](C)[C@@H](O)[C@H](OC)[C@H]6O)[C@@H](C)O5)[C@@H](C)O4)CC[C@@]32C)[C@@]2(O)CC[C@H](C(C)=O)[C@@]12C. The normalized spacial score (nSPS) is 49.6. The van der Waals surface area contributed by atoms with Crippen LogP contribution >= 0.6 is 0 Å². The van der Waals surface area contributed by atoms with Gasteiger partial charge in [0.2, 0.25) is 0 Å². The van der Waals surface area contributed by atoms with Gasteiger partial charge in [0, 0.05) is 51.1 Å². The molecule has 0 spiro atoms. The van der Waals surface area contributed by atoms with Crippen LogP contribution in [0.3, 0.4) is 0 Å². The van der Waals surface area contributed by atoms with E-state index in [1.807, 2.05) is 27.7 Å². The number of methoxy groups -OCH3 is 3. The number of aliphatic hydroxyl groups is 3. The summed E-state index contributed by atoms with van der Waals surface area (Å²) in [6.07, 6.45) is 0.173. The van der Waals surface area contributed by atoms with Crippen molar-refractivity contribution in [1.29, 1.82) is 0 Å². The van der Waals surface area contributed by atoms with Crippen molar-refractivity contribution in [2.75, 3.05) is 21.3 Å². The number of ketones is 1. The second-order valence-electron chi connectivity index (χ2n) is 19.8. The Morgan fingerprint density at radius 1 is 0.774 bits per heavy atom. The molecule has 0 aromatic heterocycles. The lowest BCUT2D eigenvalue weighted by molar-refractivity contribution is -0.352. The van der Waals surface area contributed by atoms with E-state index < -0.39 is 96.9 Å². The van der Waals surface area contributed by atoms with E-state index in [0.717, 1.165) is 19.3 Å². The van der Waals surface area contributed by atoms with Gasteiger partial charge in [-0.05, 0) is 104 Å². The third-order valence-electron chi connectivity index (χ3n) is 16.6. The highest BCUT2D eigenvalue weighted by molar-refractivity contribution is 5.88. The fourth-order valence-electron chi connectivity index (χ4n) is 12.8. The van der Waals surface area contributed by atoms with Crippen molar-refractivity contribution in [3.8, 4) is 0 Å². The molecule has 0 aromatic carbocycles. The fourth-order valence-corrected chi connectivity index (χ4v) is 12.8. The lowest BCUT2D eigenvalue weighted by Gasteiger charge is -2.63. The Kier molecular flexibility index (Phi) is 14.6. The van der Waals surface area contributed by atoms with Crippen molar-refractivity contribution in [3.05, 3.63) is 23.3 Å². The summed E-state index contributed by atoms with van der Waals surface area (Å²) in [5.74, 6) is -0.727. The van der Waals surface area contributed by atoms with Gasteiger partial charge in [0.15, 0.2) is 18.9 Å². The number of carbonyl (C=O) groups is 2. The first-order valence-corrected chi connectivity index (χ1v) is 23.0. The highest BCUT2D eigenvalue weighted by atomic mass is 16.8. The number of hydrogen-bond donors (Lipinski definition) is 3. The summed E-state index contributed by atoms with van der Waals surface area (Å²) in [4.78, 5) is 26.4. The Morgan fingerprint density at radius 2 is 1.40 bits per heavy atom. The number of carbonyl (C=O) groups excluding carboxylic acids is 2. The summed E-state index contributed by atoms with van der Waals surface area (Å²) in [5.41, 5.74) is -0.439. The van der Waals surface area contributed by atoms with Crippen LogP contribution in [0, 0.1) is 28.6 Å². The molecule has 2 unspecified atom stereocenters. The van der Waals surface area contributed by atoms with Gasteiger partial charge < -0.3 is 62.7 Å². The van der Waals surface area contributed by atoms with Gasteiger partial charge in [-0.3, -0.25) is 4.79 Å². The molecule has 4 aliphatic carbocycles. The van der Waals surface area contributed by atoms with Gasteiger partial charge in [-0.2, -0.15) is 0 Å². The molecule has 3 heterocycles. The minimum atomic E-state index is -1.22. The highest BCUT2D eigenvalue weighted by Gasteiger charge is 2.71. The van der Waals surface area contributed by atoms with Crippen molar-refractivity contribution in [1.82, 2.24) is 0 Å². The minimum absolute atomic E-state index is 0.0391. The second kappa shape index (κ2) is 18.8. The maximum absolute atomic E-state index is 13.3. The van der Waals surface area contributed by atoms with E-state index in [2.05, 4.69) is 13.0 Å². The molecule has 6 fully saturated rings. The summed E-state index contributed by atoms with van der Waals surface area (Å²) in [6.45, 7) is 15.0. The Balaban J connectivity index is 0.980. The lowest BCUT2D eigenvalue weighted by atomic mass is 9.45. The Labute approximate surface area is 367 Å². The molecule has 0 amide bonds. The van der Waals surface area contributed by atoms with Crippen LogP contribution in [0.2, 0.25) is 0 Å². The average Bonchev–Trinajstić information content (AvgIpc) is 3.53. The van der Waals surface area contributed by atoms with Gasteiger partial charge in [0.25, 0.3) is 0 Å². The van der Waals surface area contributed by atoms with Crippen LogP contribution in [0.1, 0.15) is 113 Å². The molecular weight excluding hydrogens is 805 g/mol. The van der Waals surface area contributed by atoms with Crippen molar-refractivity contribution in [2.45, 2.75) is 211 Å². The van der Waals surface area contributed by atoms with E-state index in [0.29, 0.717) is 44.1 Å². The zero-order valence-electron chi connectivity index (χ0n) is 38.7. The van der Waals surface area contributed by atoms with Crippen LogP contribution in [0.5, 0.6) is 0 Å². The Bertz CT molecular complexity index is 1670. The zero-order chi connectivity index (χ0) is 45.1. The predicted octanol–water partition coefficient (Wildman–Crippen LogP) is 4.69. The molecule has 15 heteroatoms. The second-order valence-corrected chi connectivity index (χ2v) is 19.8. The van der Waals surface area contributed by atoms with Crippen LogP contribution in [0.25, 0.3) is 0 Å². The molecule has 3 aliphatic heterocycles. The first-order valence-electron chi connectivity index (χ1n) is 23.0. The number of hydrogen-bond acceptors (Lipinski definition) is 15. The molecule has 21 atom stereocenters. The molecule has 3 saturated heterocycles. The van der Waals surface area contributed by atoms with Crippen LogP contribution < -0.4 is 0 Å². The monoisotopic (exact) mass is 879 g/mol. The molecule has 15 nitrogen and oxygen atoms in total. The number of ether oxygens (including phenoxy) is 10. The maximum Gasteiger partial charge on any atom is 0.333 e. The van der Waals surface area contributed by atoms with E-state index in [-0.39, 0.29) is 41.2 Å². The van der Waals surface area contributed by atoms with Crippen molar-refractivity contribution >= 4 is 11.8 Å². The molecular formula is C47H74O15. The molecule has 0 bridgehead atoms. The number of allylic oxidation sites excluding steroid dienone is 2. The molecule has 0 aromatic rings. The summed E-state index contributed by atoms with van der Waals surface area (Å²) in [6, 6.07) is 0. The topological polar surface area (TPSA) is 187 Å².